The van der Waals surface area contributed by atoms with E-state index >= 15 is 0 Å². The molecule has 1 saturated heterocycles. The fraction of sp³-hybridized carbons (Fsp3) is 0.300. The Kier molecular flexibility index (Phi) is 5.23. The number of carbonyl (C=O) groups excluding carboxylic acids is 2. The standard InChI is InChI=1S/C20H21BrN2O2/c1-22-17(12-14-8-4-3-5-9-14)19(24)23(2)18(20(22)25)13-15-10-6-7-11-16(15)21/h3-11,17-18H,12-13H2,1-2H3/t17-,18?/m0/s1. The maximum Gasteiger partial charge on any atom is 0.246 e. The molecule has 0 bridgehead atoms. The maximum absolute atomic E-state index is 12.9. The van der Waals surface area contributed by atoms with E-state index in [4.69, 9.17) is 0 Å². The Bertz CT molecular complexity index is 778. The summed E-state index contributed by atoms with van der Waals surface area (Å²) in [5.74, 6) is -0.0261. The summed E-state index contributed by atoms with van der Waals surface area (Å²) in [6.07, 6.45) is 1.04. The van der Waals surface area contributed by atoms with Crippen LogP contribution < -0.4 is 0 Å². The van der Waals surface area contributed by atoms with Gasteiger partial charge in [0.05, 0.1) is 0 Å². The minimum absolute atomic E-state index is 0.0111. The summed E-state index contributed by atoms with van der Waals surface area (Å²) in [5, 5.41) is 0. The SMILES string of the molecule is CN1C(=O)[C@H](Cc2ccccc2)N(C)C(=O)C1Cc1ccccc1Br. The number of nitrogens with zero attached hydrogens (tertiary/aromatic N) is 2. The first-order valence-electron chi connectivity index (χ1n) is 8.29. The summed E-state index contributed by atoms with van der Waals surface area (Å²) in [5.41, 5.74) is 2.08. The highest BCUT2D eigenvalue weighted by Gasteiger charge is 2.42. The van der Waals surface area contributed by atoms with Crippen molar-refractivity contribution in [2.24, 2.45) is 0 Å². The molecule has 4 nitrogen and oxygen atoms in total. The first-order valence-corrected chi connectivity index (χ1v) is 9.09. The quantitative estimate of drug-likeness (QED) is 0.791. The molecule has 3 rings (SSSR count). The van der Waals surface area contributed by atoms with Gasteiger partial charge in [-0.15, -0.1) is 0 Å². The van der Waals surface area contributed by atoms with Crippen LogP contribution in [0.3, 0.4) is 0 Å². The summed E-state index contributed by atoms with van der Waals surface area (Å²) in [6, 6.07) is 16.7. The van der Waals surface area contributed by atoms with Crippen LogP contribution >= 0.6 is 15.9 Å². The van der Waals surface area contributed by atoms with Crippen LogP contribution in [0.2, 0.25) is 0 Å². The van der Waals surface area contributed by atoms with Crippen LogP contribution in [0.1, 0.15) is 11.1 Å². The molecule has 0 aromatic heterocycles. The van der Waals surface area contributed by atoms with E-state index in [0.29, 0.717) is 12.8 Å². The molecule has 130 valence electrons. The average molecular weight is 401 g/mol. The van der Waals surface area contributed by atoms with Crippen molar-refractivity contribution in [1.82, 2.24) is 9.80 Å². The van der Waals surface area contributed by atoms with E-state index in [2.05, 4.69) is 15.9 Å². The number of hydrogen-bond acceptors (Lipinski definition) is 2. The van der Waals surface area contributed by atoms with Crippen molar-refractivity contribution in [3.63, 3.8) is 0 Å². The third-order valence-electron chi connectivity index (χ3n) is 4.84. The predicted molar refractivity (Wildman–Crippen MR) is 101 cm³/mol. The van der Waals surface area contributed by atoms with Gasteiger partial charge in [0.15, 0.2) is 0 Å². The van der Waals surface area contributed by atoms with Crippen LogP contribution in [0.5, 0.6) is 0 Å². The normalized spacial score (nSPS) is 20.9. The number of carbonyl (C=O) groups is 2. The first kappa shape index (κ1) is 17.7. The number of hydrogen-bond donors (Lipinski definition) is 0. The van der Waals surface area contributed by atoms with E-state index in [1.165, 1.54) is 0 Å². The average Bonchev–Trinajstić information content (AvgIpc) is 2.63. The Morgan fingerprint density at radius 2 is 1.32 bits per heavy atom. The second kappa shape index (κ2) is 7.40. The van der Waals surface area contributed by atoms with E-state index in [9.17, 15) is 9.59 Å². The molecule has 2 amide bonds. The van der Waals surface area contributed by atoms with Gasteiger partial charge in [-0.2, -0.15) is 0 Å². The van der Waals surface area contributed by atoms with E-state index < -0.39 is 12.1 Å². The molecule has 1 aliphatic rings. The highest BCUT2D eigenvalue weighted by Crippen LogP contribution is 2.24. The molecular weight excluding hydrogens is 380 g/mol. The molecule has 5 heteroatoms. The second-order valence-electron chi connectivity index (χ2n) is 6.42. The number of benzene rings is 2. The van der Waals surface area contributed by atoms with Crippen LogP contribution in [0, 0.1) is 0 Å². The van der Waals surface area contributed by atoms with Gasteiger partial charge in [0.2, 0.25) is 11.8 Å². The van der Waals surface area contributed by atoms with Gasteiger partial charge >= 0.3 is 0 Å². The minimum atomic E-state index is -0.469. The molecule has 2 aromatic rings. The Hall–Kier alpha value is -2.14. The molecule has 0 saturated carbocycles. The van der Waals surface area contributed by atoms with Gasteiger partial charge in [-0.25, -0.2) is 0 Å². The van der Waals surface area contributed by atoms with E-state index in [0.717, 1.165) is 15.6 Å². The molecule has 0 aliphatic carbocycles. The number of halogens is 1. The van der Waals surface area contributed by atoms with Gasteiger partial charge < -0.3 is 9.80 Å². The highest BCUT2D eigenvalue weighted by molar-refractivity contribution is 9.10. The number of rotatable bonds is 4. The smallest absolute Gasteiger partial charge is 0.246 e. The van der Waals surface area contributed by atoms with Gasteiger partial charge in [0.1, 0.15) is 12.1 Å². The van der Waals surface area contributed by atoms with Gasteiger partial charge in [0.25, 0.3) is 0 Å². The zero-order valence-corrected chi connectivity index (χ0v) is 15.9. The van der Waals surface area contributed by atoms with E-state index in [1.807, 2.05) is 54.6 Å². The molecule has 1 aliphatic heterocycles. The second-order valence-corrected chi connectivity index (χ2v) is 7.27. The third-order valence-corrected chi connectivity index (χ3v) is 5.62. The Balaban J connectivity index is 1.81. The van der Waals surface area contributed by atoms with Crippen molar-refractivity contribution >= 4 is 27.7 Å². The van der Waals surface area contributed by atoms with Crippen molar-refractivity contribution < 1.29 is 9.59 Å². The molecule has 0 spiro atoms. The highest BCUT2D eigenvalue weighted by atomic mass is 79.9. The van der Waals surface area contributed by atoms with Gasteiger partial charge in [-0.05, 0) is 17.2 Å². The predicted octanol–water partition coefficient (Wildman–Crippen LogP) is 2.90. The largest absolute Gasteiger partial charge is 0.332 e. The van der Waals surface area contributed by atoms with Crippen LogP contribution in [0.4, 0.5) is 0 Å². The summed E-state index contributed by atoms with van der Waals surface area (Å²) in [6.45, 7) is 0. The van der Waals surface area contributed by atoms with Crippen molar-refractivity contribution in [1.29, 1.82) is 0 Å². The van der Waals surface area contributed by atoms with Crippen LogP contribution in [0.25, 0.3) is 0 Å². The lowest BCUT2D eigenvalue weighted by atomic mass is 9.95. The van der Waals surface area contributed by atoms with Crippen LogP contribution in [-0.4, -0.2) is 47.8 Å². The zero-order valence-electron chi connectivity index (χ0n) is 14.4. The molecular formula is C20H21BrN2O2. The minimum Gasteiger partial charge on any atom is -0.332 e. The molecule has 25 heavy (non-hydrogen) atoms. The molecule has 1 unspecified atom stereocenters. The van der Waals surface area contributed by atoms with E-state index in [-0.39, 0.29) is 11.8 Å². The Morgan fingerprint density at radius 1 is 0.800 bits per heavy atom. The summed E-state index contributed by atoms with van der Waals surface area (Å²) in [4.78, 5) is 29.0. The van der Waals surface area contributed by atoms with Crippen molar-refractivity contribution in [2.45, 2.75) is 24.9 Å². The monoisotopic (exact) mass is 400 g/mol. The van der Waals surface area contributed by atoms with Crippen molar-refractivity contribution in [3.8, 4) is 0 Å². The fourth-order valence-corrected chi connectivity index (χ4v) is 3.71. The molecule has 2 aromatic carbocycles. The Morgan fingerprint density at radius 3 is 1.92 bits per heavy atom. The summed E-state index contributed by atoms with van der Waals surface area (Å²) >= 11 is 3.52. The molecule has 1 fully saturated rings. The topological polar surface area (TPSA) is 40.6 Å². The lowest BCUT2D eigenvalue weighted by Crippen LogP contribution is -2.63. The van der Waals surface area contributed by atoms with Gasteiger partial charge in [-0.3, -0.25) is 9.59 Å². The molecule has 0 radical (unpaired) electrons. The summed E-state index contributed by atoms with van der Waals surface area (Å²) < 4.78 is 0.956. The molecule has 0 N–H and O–H groups in total. The maximum atomic E-state index is 12.9. The lowest BCUT2D eigenvalue weighted by Gasteiger charge is -2.42. The molecule has 2 atom stereocenters. The number of likely N-dealkylation sites (N-methyl/N-ethyl adjacent to an activating group) is 2. The summed E-state index contributed by atoms with van der Waals surface area (Å²) in [7, 11) is 3.46. The van der Waals surface area contributed by atoms with Gasteiger partial charge in [0, 0.05) is 31.4 Å². The Labute approximate surface area is 156 Å². The molecule has 1 heterocycles. The third kappa shape index (κ3) is 3.61. The number of piperazine rings is 1. The first-order chi connectivity index (χ1) is 12.0. The van der Waals surface area contributed by atoms with Crippen molar-refractivity contribution in [2.75, 3.05) is 14.1 Å². The lowest BCUT2D eigenvalue weighted by molar-refractivity contribution is -0.158. The van der Waals surface area contributed by atoms with Crippen molar-refractivity contribution in [3.05, 3.63) is 70.2 Å². The zero-order chi connectivity index (χ0) is 18.0. The van der Waals surface area contributed by atoms with Crippen LogP contribution in [-0.2, 0) is 22.4 Å². The number of amides is 2. The van der Waals surface area contributed by atoms with Gasteiger partial charge in [-0.1, -0.05) is 64.5 Å². The van der Waals surface area contributed by atoms with E-state index in [1.54, 1.807) is 23.9 Å². The fourth-order valence-electron chi connectivity index (χ4n) is 3.27. The van der Waals surface area contributed by atoms with Crippen LogP contribution in [0.15, 0.2) is 59.1 Å².